The first-order valence-electron chi connectivity index (χ1n) is 7.47. The molecule has 1 aliphatic rings. The molecular weight excluding hydrogens is 254 g/mol. The predicted molar refractivity (Wildman–Crippen MR) is 78.2 cm³/mol. The van der Waals surface area contributed by atoms with Gasteiger partial charge in [-0.25, -0.2) is 0 Å². The SMILES string of the molecule is OCc1ccc(C(O)CC(O)CN2CCCCC2)cc1. The van der Waals surface area contributed by atoms with Crippen LogP contribution in [0, 0.1) is 0 Å². The normalized spacial score (nSPS) is 19.8. The van der Waals surface area contributed by atoms with Crippen LogP contribution in [0.2, 0.25) is 0 Å². The lowest BCUT2D eigenvalue weighted by atomic mass is 10.0. The van der Waals surface area contributed by atoms with Crippen molar-refractivity contribution in [3.8, 4) is 0 Å². The lowest BCUT2D eigenvalue weighted by Gasteiger charge is -2.29. The molecule has 112 valence electrons. The first-order valence-corrected chi connectivity index (χ1v) is 7.47. The minimum atomic E-state index is -0.650. The zero-order chi connectivity index (χ0) is 14.4. The summed E-state index contributed by atoms with van der Waals surface area (Å²) in [6.45, 7) is 2.76. The van der Waals surface area contributed by atoms with Crippen LogP contribution in [0.25, 0.3) is 0 Å². The Balaban J connectivity index is 1.81. The number of hydrogen-bond donors (Lipinski definition) is 3. The Bertz CT molecular complexity index is 387. The van der Waals surface area contributed by atoms with Crippen molar-refractivity contribution in [1.29, 1.82) is 0 Å². The number of likely N-dealkylation sites (tertiary alicyclic amines) is 1. The van der Waals surface area contributed by atoms with Crippen molar-refractivity contribution >= 4 is 0 Å². The quantitative estimate of drug-likeness (QED) is 0.737. The molecule has 0 aromatic heterocycles. The summed E-state index contributed by atoms with van der Waals surface area (Å²) in [7, 11) is 0. The van der Waals surface area contributed by atoms with E-state index in [0.29, 0.717) is 13.0 Å². The molecule has 1 heterocycles. The second-order valence-corrected chi connectivity index (χ2v) is 5.67. The standard InChI is InChI=1S/C16H25NO3/c18-12-13-4-6-14(7-5-13)16(20)10-15(19)11-17-8-2-1-3-9-17/h4-7,15-16,18-20H,1-3,8-12H2. The molecule has 4 nitrogen and oxygen atoms in total. The molecule has 0 amide bonds. The molecule has 0 spiro atoms. The molecule has 0 bridgehead atoms. The smallest absolute Gasteiger partial charge is 0.0815 e. The van der Waals surface area contributed by atoms with E-state index < -0.39 is 12.2 Å². The fourth-order valence-electron chi connectivity index (χ4n) is 2.75. The van der Waals surface area contributed by atoms with E-state index in [-0.39, 0.29) is 6.61 Å². The summed E-state index contributed by atoms with van der Waals surface area (Å²) < 4.78 is 0. The van der Waals surface area contributed by atoms with E-state index in [1.807, 2.05) is 12.1 Å². The lowest BCUT2D eigenvalue weighted by molar-refractivity contribution is 0.0488. The fourth-order valence-corrected chi connectivity index (χ4v) is 2.75. The predicted octanol–water partition coefficient (Wildman–Crippen LogP) is 1.45. The van der Waals surface area contributed by atoms with Crippen molar-refractivity contribution in [2.24, 2.45) is 0 Å². The van der Waals surface area contributed by atoms with Gasteiger partial charge in [0.15, 0.2) is 0 Å². The molecule has 2 atom stereocenters. The highest BCUT2D eigenvalue weighted by molar-refractivity contribution is 5.23. The molecule has 1 aliphatic heterocycles. The van der Waals surface area contributed by atoms with Crippen LogP contribution in [0.3, 0.4) is 0 Å². The van der Waals surface area contributed by atoms with Gasteiger partial charge in [0.05, 0.1) is 18.8 Å². The molecule has 4 heteroatoms. The average Bonchev–Trinajstić information content (AvgIpc) is 2.48. The lowest BCUT2D eigenvalue weighted by Crippen LogP contribution is -2.36. The summed E-state index contributed by atoms with van der Waals surface area (Å²) in [6, 6.07) is 7.22. The Morgan fingerprint density at radius 1 is 1.00 bits per heavy atom. The number of aliphatic hydroxyl groups is 3. The summed E-state index contributed by atoms with van der Waals surface area (Å²) in [5, 5.41) is 29.2. The molecular formula is C16H25NO3. The topological polar surface area (TPSA) is 63.9 Å². The van der Waals surface area contributed by atoms with Gasteiger partial charge < -0.3 is 20.2 Å². The van der Waals surface area contributed by atoms with Crippen LogP contribution in [0.5, 0.6) is 0 Å². The number of hydrogen-bond acceptors (Lipinski definition) is 4. The molecule has 2 unspecified atom stereocenters. The van der Waals surface area contributed by atoms with Gasteiger partial charge in [-0.15, -0.1) is 0 Å². The van der Waals surface area contributed by atoms with Gasteiger partial charge in [-0.3, -0.25) is 0 Å². The van der Waals surface area contributed by atoms with Crippen molar-refractivity contribution in [2.75, 3.05) is 19.6 Å². The van der Waals surface area contributed by atoms with Crippen LogP contribution < -0.4 is 0 Å². The Hall–Kier alpha value is -0.940. The Kier molecular flexibility index (Phi) is 5.98. The van der Waals surface area contributed by atoms with Gasteiger partial charge >= 0.3 is 0 Å². The van der Waals surface area contributed by atoms with Gasteiger partial charge in [0.25, 0.3) is 0 Å². The van der Waals surface area contributed by atoms with Gasteiger partial charge in [-0.2, -0.15) is 0 Å². The molecule has 1 aromatic carbocycles. The molecule has 2 rings (SSSR count). The highest BCUT2D eigenvalue weighted by atomic mass is 16.3. The van der Waals surface area contributed by atoms with Crippen LogP contribution in [-0.4, -0.2) is 46.0 Å². The van der Waals surface area contributed by atoms with Crippen molar-refractivity contribution in [1.82, 2.24) is 4.90 Å². The van der Waals surface area contributed by atoms with E-state index in [4.69, 9.17) is 5.11 Å². The van der Waals surface area contributed by atoms with E-state index in [0.717, 1.165) is 24.2 Å². The number of β-amino-alcohol motifs (C(OH)–C–C–N with tert-alkyl or cyclic N) is 1. The highest BCUT2D eigenvalue weighted by Crippen LogP contribution is 2.20. The van der Waals surface area contributed by atoms with Crippen molar-refractivity contribution < 1.29 is 15.3 Å². The molecule has 1 fully saturated rings. The van der Waals surface area contributed by atoms with Crippen molar-refractivity contribution in [3.05, 3.63) is 35.4 Å². The second-order valence-electron chi connectivity index (χ2n) is 5.67. The van der Waals surface area contributed by atoms with Crippen LogP contribution in [-0.2, 0) is 6.61 Å². The van der Waals surface area contributed by atoms with Gasteiger partial charge in [0, 0.05) is 13.0 Å². The first kappa shape index (κ1) is 15.4. The van der Waals surface area contributed by atoms with E-state index in [2.05, 4.69) is 4.90 Å². The molecule has 3 N–H and O–H groups in total. The monoisotopic (exact) mass is 279 g/mol. The zero-order valence-electron chi connectivity index (χ0n) is 11.9. The Morgan fingerprint density at radius 2 is 1.65 bits per heavy atom. The summed E-state index contributed by atoms with van der Waals surface area (Å²) >= 11 is 0. The van der Waals surface area contributed by atoms with Crippen LogP contribution >= 0.6 is 0 Å². The largest absolute Gasteiger partial charge is 0.392 e. The van der Waals surface area contributed by atoms with Gasteiger partial charge in [-0.1, -0.05) is 30.7 Å². The summed E-state index contributed by atoms with van der Waals surface area (Å²) in [6.07, 6.45) is 2.90. The third-order valence-electron chi connectivity index (χ3n) is 3.96. The third kappa shape index (κ3) is 4.56. The summed E-state index contributed by atoms with van der Waals surface area (Å²) in [4.78, 5) is 2.27. The minimum Gasteiger partial charge on any atom is -0.392 e. The zero-order valence-corrected chi connectivity index (χ0v) is 11.9. The third-order valence-corrected chi connectivity index (χ3v) is 3.96. The van der Waals surface area contributed by atoms with Crippen molar-refractivity contribution in [3.63, 3.8) is 0 Å². The maximum atomic E-state index is 10.1. The van der Waals surface area contributed by atoms with Crippen LogP contribution in [0.1, 0.15) is 42.9 Å². The number of aliphatic hydroxyl groups excluding tert-OH is 3. The van der Waals surface area contributed by atoms with E-state index in [1.54, 1.807) is 12.1 Å². The number of benzene rings is 1. The minimum absolute atomic E-state index is 0.00790. The van der Waals surface area contributed by atoms with Gasteiger partial charge in [0.2, 0.25) is 0 Å². The van der Waals surface area contributed by atoms with E-state index >= 15 is 0 Å². The summed E-state index contributed by atoms with van der Waals surface area (Å²) in [5.74, 6) is 0. The molecule has 0 aliphatic carbocycles. The first-order chi connectivity index (χ1) is 9.69. The molecule has 0 radical (unpaired) electrons. The molecule has 1 aromatic rings. The maximum absolute atomic E-state index is 10.1. The van der Waals surface area contributed by atoms with Crippen LogP contribution in [0.4, 0.5) is 0 Å². The molecule has 20 heavy (non-hydrogen) atoms. The molecule has 0 saturated carbocycles. The maximum Gasteiger partial charge on any atom is 0.0815 e. The number of nitrogens with zero attached hydrogens (tertiary/aromatic N) is 1. The van der Waals surface area contributed by atoms with Gasteiger partial charge in [-0.05, 0) is 37.1 Å². The summed E-state index contributed by atoms with van der Waals surface area (Å²) in [5.41, 5.74) is 1.62. The Morgan fingerprint density at radius 3 is 2.25 bits per heavy atom. The number of rotatable bonds is 6. The van der Waals surface area contributed by atoms with Crippen LogP contribution in [0.15, 0.2) is 24.3 Å². The fraction of sp³-hybridized carbons (Fsp3) is 0.625. The highest BCUT2D eigenvalue weighted by Gasteiger charge is 2.18. The Labute approximate surface area is 120 Å². The molecule has 1 saturated heterocycles. The average molecular weight is 279 g/mol. The van der Waals surface area contributed by atoms with E-state index in [1.165, 1.54) is 19.3 Å². The number of piperidine rings is 1. The second kappa shape index (κ2) is 7.74. The van der Waals surface area contributed by atoms with E-state index in [9.17, 15) is 10.2 Å². The van der Waals surface area contributed by atoms with Crippen molar-refractivity contribution in [2.45, 2.75) is 44.5 Å². The van der Waals surface area contributed by atoms with Gasteiger partial charge in [0.1, 0.15) is 0 Å².